The Hall–Kier alpha value is -1.04. The van der Waals surface area contributed by atoms with Gasteiger partial charge in [-0.05, 0) is 31.8 Å². The first-order chi connectivity index (χ1) is 9.21. The first kappa shape index (κ1) is 26.5. The molecule has 0 saturated carbocycles. The third kappa shape index (κ3) is 22.6. The monoisotopic (exact) mass is 266 g/mol. The maximum Gasteiger partial charge on any atom is -0.0308 e. The highest BCUT2D eigenvalue weighted by atomic mass is 14.0. The topological polar surface area (TPSA) is 0 Å². The van der Waals surface area contributed by atoms with E-state index in [0.29, 0.717) is 0 Å². The van der Waals surface area contributed by atoms with Crippen molar-refractivity contribution in [2.24, 2.45) is 0 Å². The van der Waals surface area contributed by atoms with Crippen molar-refractivity contribution in [1.29, 1.82) is 0 Å². The zero-order valence-corrected chi connectivity index (χ0v) is 14.8. The zero-order chi connectivity index (χ0) is 16.1. The van der Waals surface area contributed by atoms with E-state index in [2.05, 4.69) is 40.0 Å². The van der Waals surface area contributed by atoms with Crippen LogP contribution in [0.3, 0.4) is 0 Å². The second-order valence-corrected chi connectivity index (χ2v) is 3.19. The molecule has 0 aliphatic rings. The number of hydrogen-bond acceptors (Lipinski definition) is 0. The van der Waals surface area contributed by atoms with Gasteiger partial charge in [0.2, 0.25) is 0 Å². The van der Waals surface area contributed by atoms with Crippen molar-refractivity contribution in [3.63, 3.8) is 0 Å². The maximum absolute atomic E-state index is 3.67. The van der Waals surface area contributed by atoms with E-state index < -0.39 is 0 Å². The van der Waals surface area contributed by atoms with Gasteiger partial charge in [0.15, 0.2) is 0 Å². The van der Waals surface area contributed by atoms with Crippen LogP contribution in [-0.2, 0) is 0 Å². The third-order valence-electron chi connectivity index (χ3n) is 2.12. The average Bonchev–Trinajstić information content (AvgIpc) is 2.48. The molecule has 0 aliphatic carbocycles. The molecular formula is C19H38. The summed E-state index contributed by atoms with van der Waals surface area (Å²) in [6, 6.07) is 0. The Kier molecular flexibility index (Phi) is 42.1. The predicted octanol–water partition coefficient (Wildman–Crippen LogP) is 7.50. The molecule has 19 heavy (non-hydrogen) atoms. The van der Waals surface area contributed by atoms with Crippen LogP contribution < -0.4 is 0 Å². The first-order valence-corrected chi connectivity index (χ1v) is 7.78. The Balaban J connectivity index is -0.000000136. The molecule has 0 aromatic rings. The van der Waals surface area contributed by atoms with Crippen LogP contribution in [0.1, 0.15) is 74.7 Å². The molecule has 0 aliphatic heterocycles. The van der Waals surface area contributed by atoms with Crippen molar-refractivity contribution in [2.75, 3.05) is 0 Å². The Morgan fingerprint density at radius 2 is 1.21 bits per heavy atom. The highest BCUT2D eigenvalue weighted by Crippen LogP contribution is 2.16. The smallest absolute Gasteiger partial charge is 0.0308 e. The Bertz CT molecular complexity index is 210. The van der Waals surface area contributed by atoms with E-state index in [0.717, 1.165) is 6.42 Å². The minimum atomic E-state index is 1.13. The van der Waals surface area contributed by atoms with Gasteiger partial charge in [-0.1, -0.05) is 84.9 Å². The van der Waals surface area contributed by atoms with Gasteiger partial charge in [-0.25, -0.2) is 0 Å². The van der Waals surface area contributed by atoms with Crippen LogP contribution >= 0.6 is 0 Å². The summed E-state index contributed by atoms with van der Waals surface area (Å²) in [7, 11) is 0. The van der Waals surface area contributed by atoms with Gasteiger partial charge in [0.05, 0.1) is 0 Å². The van der Waals surface area contributed by atoms with Crippen LogP contribution in [0.25, 0.3) is 0 Å². The summed E-state index contributed by atoms with van der Waals surface area (Å²) >= 11 is 0. The predicted molar refractivity (Wildman–Crippen MR) is 95.8 cm³/mol. The van der Waals surface area contributed by atoms with Crippen LogP contribution in [0.15, 0.2) is 48.6 Å². The molecule has 0 bridgehead atoms. The number of rotatable bonds is 5. The van der Waals surface area contributed by atoms with E-state index in [1.54, 1.807) is 11.6 Å². The van der Waals surface area contributed by atoms with E-state index in [9.17, 15) is 0 Å². The number of hydrogen-bond donors (Lipinski definition) is 0. The molecule has 0 amide bonds. The lowest BCUT2D eigenvalue weighted by Crippen LogP contribution is -1.85. The SMILES string of the molecule is C=C/C=C\C(CC)=C(CC)CC.C=CC.CC.CC. The lowest BCUT2D eigenvalue weighted by atomic mass is 10.0. The molecule has 114 valence electrons. The van der Waals surface area contributed by atoms with Crippen LogP contribution in [0.2, 0.25) is 0 Å². The maximum atomic E-state index is 3.67. The molecule has 0 heteroatoms. The van der Waals surface area contributed by atoms with Crippen LogP contribution in [-0.4, -0.2) is 0 Å². The lowest BCUT2D eigenvalue weighted by molar-refractivity contribution is 0.929. The summed E-state index contributed by atoms with van der Waals surface area (Å²) in [5, 5.41) is 0. The molecule has 0 aromatic heterocycles. The highest BCUT2D eigenvalue weighted by molar-refractivity contribution is 5.27. The summed E-state index contributed by atoms with van der Waals surface area (Å²) < 4.78 is 0. The van der Waals surface area contributed by atoms with Gasteiger partial charge in [-0.3, -0.25) is 0 Å². The van der Waals surface area contributed by atoms with Gasteiger partial charge in [0.25, 0.3) is 0 Å². The van der Waals surface area contributed by atoms with Crippen LogP contribution in [0.5, 0.6) is 0 Å². The van der Waals surface area contributed by atoms with Gasteiger partial charge in [-0.15, -0.1) is 6.58 Å². The zero-order valence-electron chi connectivity index (χ0n) is 14.8. The van der Waals surface area contributed by atoms with Crippen molar-refractivity contribution in [3.05, 3.63) is 48.6 Å². The van der Waals surface area contributed by atoms with Gasteiger partial charge in [-0.2, -0.15) is 0 Å². The van der Waals surface area contributed by atoms with Crippen molar-refractivity contribution >= 4 is 0 Å². The molecule has 0 saturated heterocycles. The summed E-state index contributed by atoms with van der Waals surface area (Å²) in [6.07, 6.45) is 11.2. The molecule has 0 nitrogen and oxygen atoms in total. The van der Waals surface area contributed by atoms with Crippen molar-refractivity contribution < 1.29 is 0 Å². The van der Waals surface area contributed by atoms with Crippen molar-refractivity contribution in [3.8, 4) is 0 Å². The minimum Gasteiger partial charge on any atom is -0.103 e. The first-order valence-electron chi connectivity index (χ1n) is 7.78. The normalized spacial score (nSPS) is 7.79. The fourth-order valence-corrected chi connectivity index (χ4v) is 1.37. The summed E-state index contributed by atoms with van der Waals surface area (Å²) in [4.78, 5) is 0. The molecule has 0 aromatic carbocycles. The summed E-state index contributed by atoms with van der Waals surface area (Å²) in [5.41, 5.74) is 3.04. The number of allylic oxidation sites excluding steroid dienone is 6. The largest absolute Gasteiger partial charge is 0.103 e. The lowest BCUT2D eigenvalue weighted by Gasteiger charge is -2.06. The summed E-state index contributed by atoms with van der Waals surface area (Å²) in [5.74, 6) is 0. The van der Waals surface area contributed by atoms with Gasteiger partial charge in [0.1, 0.15) is 0 Å². The van der Waals surface area contributed by atoms with Crippen molar-refractivity contribution in [1.82, 2.24) is 0 Å². The summed E-state index contributed by atoms with van der Waals surface area (Å²) in [6.45, 7) is 23.6. The molecular weight excluding hydrogens is 228 g/mol. The van der Waals surface area contributed by atoms with E-state index in [1.165, 1.54) is 18.4 Å². The fourth-order valence-electron chi connectivity index (χ4n) is 1.37. The molecule has 0 fully saturated rings. The fraction of sp³-hybridized carbons (Fsp3) is 0.579. The minimum absolute atomic E-state index is 1.13. The van der Waals surface area contributed by atoms with Gasteiger partial charge in [0, 0.05) is 0 Å². The quantitative estimate of drug-likeness (QED) is 0.357. The van der Waals surface area contributed by atoms with Crippen molar-refractivity contribution in [2.45, 2.75) is 74.7 Å². The molecule has 0 atom stereocenters. The van der Waals surface area contributed by atoms with E-state index in [1.807, 2.05) is 46.8 Å². The van der Waals surface area contributed by atoms with Crippen LogP contribution in [0.4, 0.5) is 0 Å². The van der Waals surface area contributed by atoms with E-state index >= 15 is 0 Å². The Morgan fingerprint density at radius 1 is 0.842 bits per heavy atom. The average molecular weight is 267 g/mol. The molecule has 0 rings (SSSR count). The highest BCUT2D eigenvalue weighted by Gasteiger charge is 1.96. The Labute approximate surface area is 124 Å². The van der Waals surface area contributed by atoms with Crippen LogP contribution in [0, 0.1) is 0 Å². The third-order valence-corrected chi connectivity index (χ3v) is 2.12. The van der Waals surface area contributed by atoms with E-state index in [-0.39, 0.29) is 0 Å². The molecule has 0 heterocycles. The Morgan fingerprint density at radius 3 is 1.42 bits per heavy atom. The molecule has 0 unspecified atom stereocenters. The second-order valence-electron chi connectivity index (χ2n) is 3.19. The molecule has 0 radical (unpaired) electrons. The molecule has 0 N–H and O–H groups in total. The molecule has 0 spiro atoms. The van der Waals surface area contributed by atoms with Gasteiger partial charge < -0.3 is 0 Å². The second kappa shape index (κ2) is 30.2. The van der Waals surface area contributed by atoms with E-state index in [4.69, 9.17) is 0 Å². The standard InChI is InChI=1S/C12H20.C3H6.2C2H6/c1-5-9-10-12(8-4)11(6-2)7-3;1-3-2;2*1-2/h5,9-10H,1,6-8H2,2-4H3;3H,1H2,2H3;2*1-2H3/b10-9-;;;. The van der Waals surface area contributed by atoms with Gasteiger partial charge >= 0.3 is 0 Å².